The molecule has 0 aromatic heterocycles. The van der Waals surface area contributed by atoms with Gasteiger partial charge in [-0.2, -0.15) is 0 Å². The molecule has 0 radical (unpaired) electrons. The van der Waals surface area contributed by atoms with E-state index in [1.54, 1.807) is 6.07 Å². The topological polar surface area (TPSA) is 42.5 Å². The van der Waals surface area contributed by atoms with E-state index in [0.717, 1.165) is 5.69 Å². The molecule has 0 amide bonds. The summed E-state index contributed by atoms with van der Waals surface area (Å²) in [6, 6.07) is 12.5. The van der Waals surface area contributed by atoms with Crippen molar-refractivity contribution >= 4 is 5.69 Å². The van der Waals surface area contributed by atoms with E-state index in [0.29, 0.717) is 23.6 Å². The minimum absolute atomic E-state index is 0.321. The molecule has 0 atom stereocenters. The molecule has 4 nitrogen and oxygen atoms in total. The quantitative estimate of drug-likeness (QED) is 0.796. The van der Waals surface area contributed by atoms with Gasteiger partial charge in [-0.05, 0) is 18.2 Å². The highest BCUT2D eigenvalue weighted by Gasteiger charge is 2.10. The zero-order chi connectivity index (χ0) is 14.4. The van der Waals surface area contributed by atoms with Gasteiger partial charge >= 0.3 is 0 Å². The van der Waals surface area contributed by atoms with E-state index in [1.165, 1.54) is 20.3 Å². The molecule has 0 saturated carbocycles. The number of anilines is 1. The van der Waals surface area contributed by atoms with Gasteiger partial charge in [0.15, 0.2) is 11.5 Å². The van der Waals surface area contributed by atoms with Crippen molar-refractivity contribution in [2.24, 2.45) is 0 Å². The highest BCUT2D eigenvalue weighted by Crippen LogP contribution is 2.29. The van der Waals surface area contributed by atoms with Crippen LogP contribution in [0.5, 0.6) is 11.5 Å². The Hall–Kier alpha value is -2.27. The Balaban J connectivity index is 2.02. The second-order valence-corrected chi connectivity index (χ2v) is 4.14. The Bertz CT molecular complexity index is 561. The lowest BCUT2D eigenvalue weighted by atomic mass is 10.2. The van der Waals surface area contributed by atoms with Crippen LogP contribution in [0.2, 0.25) is 0 Å². The van der Waals surface area contributed by atoms with Gasteiger partial charge in [0.1, 0.15) is 5.82 Å². The minimum Gasteiger partial charge on any atom is -0.493 e. The fourth-order valence-electron chi connectivity index (χ4n) is 1.79. The maximum Gasteiger partial charge on any atom is 0.163 e. The normalized spacial score (nSPS) is 10.2. The van der Waals surface area contributed by atoms with Crippen molar-refractivity contribution in [1.82, 2.24) is 5.43 Å². The summed E-state index contributed by atoms with van der Waals surface area (Å²) in [5, 5.41) is 0. The van der Waals surface area contributed by atoms with Gasteiger partial charge in [0.2, 0.25) is 0 Å². The molecule has 0 aliphatic carbocycles. The van der Waals surface area contributed by atoms with Crippen LogP contribution in [0, 0.1) is 5.82 Å². The van der Waals surface area contributed by atoms with Gasteiger partial charge in [0, 0.05) is 23.9 Å². The monoisotopic (exact) mass is 276 g/mol. The molecular weight excluding hydrogens is 259 g/mol. The highest BCUT2D eigenvalue weighted by atomic mass is 19.1. The van der Waals surface area contributed by atoms with Crippen LogP contribution in [0.3, 0.4) is 0 Å². The molecule has 106 valence electrons. The van der Waals surface area contributed by atoms with E-state index in [2.05, 4.69) is 10.9 Å². The van der Waals surface area contributed by atoms with Gasteiger partial charge in [-0.15, -0.1) is 0 Å². The molecular formula is C15H17FN2O2. The molecule has 0 aliphatic heterocycles. The molecule has 2 N–H and O–H groups in total. The molecule has 0 bridgehead atoms. The van der Waals surface area contributed by atoms with Crippen LogP contribution in [0.25, 0.3) is 0 Å². The number of benzene rings is 2. The first-order valence-electron chi connectivity index (χ1n) is 6.19. The van der Waals surface area contributed by atoms with Crippen molar-refractivity contribution in [1.29, 1.82) is 0 Å². The third-order valence-corrected chi connectivity index (χ3v) is 2.84. The average Bonchev–Trinajstić information content (AvgIpc) is 2.49. The maximum absolute atomic E-state index is 13.9. The Labute approximate surface area is 117 Å². The largest absolute Gasteiger partial charge is 0.493 e. The Kier molecular flexibility index (Phi) is 4.79. The SMILES string of the molecule is COc1cc(F)c(CNNc2ccccc2)cc1OC. The maximum atomic E-state index is 13.9. The molecule has 20 heavy (non-hydrogen) atoms. The summed E-state index contributed by atoms with van der Waals surface area (Å²) in [6.07, 6.45) is 0. The van der Waals surface area contributed by atoms with E-state index < -0.39 is 0 Å². The first-order valence-corrected chi connectivity index (χ1v) is 6.19. The van der Waals surface area contributed by atoms with Gasteiger partial charge in [-0.25, -0.2) is 9.82 Å². The molecule has 0 heterocycles. The van der Waals surface area contributed by atoms with Gasteiger partial charge < -0.3 is 14.9 Å². The summed E-state index contributed by atoms with van der Waals surface area (Å²) in [5.41, 5.74) is 7.36. The second-order valence-electron chi connectivity index (χ2n) is 4.14. The van der Waals surface area contributed by atoms with Crippen molar-refractivity contribution in [3.8, 4) is 11.5 Å². The lowest BCUT2D eigenvalue weighted by Crippen LogP contribution is -2.21. The molecule has 0 unspecified atom stereocenters. The molecule has 2 aromatic carbocycles. The van der Waals surface area contributed by atoms with Crippen LogP contribution in [-0.4, -0.2) is 14.2 Å². The van der Waals surface area contributed by atoms with Gasteiger partial charge in [-0.3, -0.25) is 0 Å². The number of hydrazine groups is 1. The molecule has 2 aromatic rings. The summed E-state index contributed by atoms with van der Waals surface area (Å²) < 4.78 is 24.1. The fourth-order valence-corrected chi connectivity index (χ4v) is 1.79. The predicted octanol–water partition coefficient (Wildman–Crippen LogP) is 2.96. The summed E-state index contributed by atoms with van der Waals surface area (Å²) in [4.78, 5) is 0. The second kappa shape index (κ2) is 6.77. The van der Waals surface area contributed by atoms with Crippen molar-refractivity contribution in [3.63, 3.8) is 0 Å². The van der Waals surface area contributed by atoms with E-state index in [4.69, 9.17) is 9.47 Å². The zero-order valence-electron chi connectivity index (χ0n) is 11.4. The highest BCUT2D eigenvalue weighted by molar-refractivity contribution is 5.44. The predicted molar refractivity (Wildman–Crippen MR) is 76.4 cm³/mol. The first-order chi connectivity index (χ1) is 9.74. The van der Waals surface area contributed by atoms with Crippen LogP contribution in [0.1, 0.15) is 5.56 Å². The molecule has 2 rings (SSSR count). The van der Waals surface area contributed by atoms with E-state index in [9.17, 15) is 4.39 Å². The standard InChI is InChI=1S/C15H17FN2O2/c1-19-14-8-11(13(16)9-15(14)20-2)10-17-18-12-6-4-3-5-7-12/h3-9,17-18H,10H2,1-2H3. The smallest absolute Gasteiger partial charge is 0.163 e. The molecule has 0 spiro atoms. The van der Waals surface area contributed by atoms with Gasteiger partial charge in [-0.1, -0.05) is 18.2 Å². The lowest BCUT2D eigenvalue weighted by molar-refractivity contribution is 0.351. The fraction of sp³-hybridized carbons (Fsp3) is 0.200. The van der Waals surface area contributed by atoms with Gasteiger partial charge in [0.25, 0.3) is 0 Å². The Morgan fingerprint density at radius 2 is 1.65 bits per heavy atom. The van der Waals surface area contributed by atoms with E-state index in [1.807, 2.05) is 30.3 Å². The molecule has 5 heteroatoms. The third-order valence-electron chi connectivity index (χ3n) is 2.84. The van der Waals surface area contributed by atoms with E-state index >= 15 is 0 Å². The molecule has 0 saturated heterocycles. The summed E-state index contributed by atoms with van der Waals surface area (Å²) >= 11 is 0. The first kappa shape index (κ1) is 14.1. The van der Waals surface area contributed by atoms with Crippen molar-refractivity contribution in [2.75, 3.05) is 19.6 Å². The van der Waals surface area contributed by atoms with Crippen LogP contribution in [0.4, 0.5) is 10.1 Å². The minimum atomic E-state index is -0.343. The van der Waals surface area contributed by atoms with Crippen molar-refractivity contribution in [2.45, 2.75) is 6.54 Å². The number of para-hydroxylation sites is 1. The molecule has 0 fully saturated rings. The number of ether oxygens (including phenoxy) is 2. The zero-order valence-corrected chi connectivity index (χ0v) is 11.4. The Morgan fingerprint density at radius 1 is 1.00 bits per heavy atom. The van der Waals surface area contributed by atoms with E-state index in [-0.39, 0.29) is 5.82 Å². The number of methoxy groups -OCH3 is 2. The van der Waals surface area contributed by atoms with Gasteiger partial charge in [0.05, 0.1) is 14.2 Å². The van der Waals surface area contributed by atoms with Crippen molar-refractivity contribution < 1.29 is 13.9 Å². The molecule has 0 aliphatic rings. The summed E-state index contributed by atoms with van der Waals surface area (Å²) in [6.45, 7) is 0.321. The lowest BCUT2D eigenvalue weighted by Gasteiger charge is -2.12. The number of rotatable bonds is 6. The third kappa shape index (κ3) is 3.39. The summed E-state index contributed by atoms with van der Waals surface area (Å²) in [5.74, 6) is 0.542. The summed E-state index contributed by atoms with van der Waals surface area (Å²) in [7, 11) is 3.00. The number of hydrogen-bond acceptors (Lipinski definition) is 4. The number of hydrogen-bond donors (Lipinski definition) is 2. The average molecular weight is 276 g/mol. The number of halogens is 1. The van der Waals surface area contributed by atoms with Crippen LogP contribution >= 0.6 is 0 Å². The van der Waals surface area contributed by atoms with Crippen LogP contribution in [0.15, 0.2) is 42.5 Å². The van der Waals surface area contributed by atoms with Crippen LogP contribution < -0.4 is 20.3 Å². The Morgan fingerprint density at radius 3 is 2.30 bits per heavy atom. The van der Waals surface area contributed by atoms with Crippen LogP contribution in [-0.2, 0) is 6.54 Å². The number of nitrogens with one attached hydrogen (secondary N) is 2. The van der Waals surface area contributed by atoms with Crippen molar-refractivity contribution in [3.05, 3.63) is 53.8 Å².